The van der Waals surface area contributed by atoms with Crippen LogP contribution in [0.3, 0.4) is 0 Å². The number of nitrogens with zero attached hydrogens (tertiary/aromatic N) is 2. The second-order valence-corrected chi connectivity index (χ2v) is 10.7. The summed E-state index contributed by atoms with van der Waals surface area (Å²) in [5.74, 6) is -0.950. The van der Waals surface area contributed by atoms with Gasteiger partial charge in [-0.15, -0.1) is 0 Å². The first kappa shape index (κ1) is 26.8. The van der Waals surface area contributed by atoms with Crippen molar-refractivity contribution in [2.75, 3.05) is 26.2 Å². The summed E-state index contributed by atoms with van der Waals surface area (Å²) in [5.41, 5.74) is 4.56. The minimum Gasteiger partial charge on any atom is -0.352 e. The van der Waals surface area contributed by atoms with Gasteiger partial charge in [-0.2, -0.15) is 17.0 Å². The van der Waals surface area contributed by atoms with E-state index in [2.05, 4.69) is 5.32 Å². The molecule has 2 aromatic rings. The van der Waals surface area contributed by atoms with Gasteiger partial charge in [0.05, 0.1) is 13.0 Å². The maximum absolute atomic E-state index is 13.1. The number of carbonyl (C=O) groups is 2. The Morgan fingerprint density at radius 3 is 2.37 bits per heavy atom. The van der Waals surface area contributed by atoms with Gasteiger partial charge in [-0.05, 0) is 29.5 Å². The van der Waals surface area contributed by atoms with E-state index in [1.54, 1.807) is 0 Å². The molecule has 1 aliphatic rings. The Morgan fingerprint density at radius 2 is 1.71 bits per heavy atom. The van der Waals surface area contributed by atoms with Crippen molar-refractivity contribution in [1.82, 2.24) is 19.4 Å². The van der Waals surface area contributed by atoms with E-state index in [-0.39, 0.29) is 38.0 Å². The zero-order valence-corrected chi connectivity index (χ0v) is 20.8. The van der Waals surface area contributed by atoms with Crippen LogP contribution < -0.4 is 10.8 Å². The van der Waals surface area contributed by atoms with Crippen molar-refractivity contribution in [1.29, 1.82) is 0 Å². The van der Waals surface area contributed by atoms with Crippen LogP contribution in [0.15, 0.2) is 54.6 Å². The van der Waals surface area contributed by atoms with Crippen molar-refractivity contribution in [3.05, 3.63) is 60.2 Å². The highest BCUT2D eigenvalue weighted by Crippen LogP contribution is 2.20. The molecule has 0 saturated carbocycles. The molecule has 0 aromatic heterocycles. The number of unbranched alkanes of at least 4 members (excludes halogenated alkanes) is 2. The quantitative estimate of drug-likeness (QED) is 0.234. The second-order valence-electron chi connectivity index (χ2n) is 8.73. The third-order valence-corrected chi connectivity index (χ3v) is 8.00. The average Bonchev–Trinajstić information content (AvgIpc) is 3.33. The lowest BCUT2D eigenvalue weighted by molar-refractivity contribution is -0.129. The van der Waals surface area contributed by atoms with Gasteiger partial charge >= 0.3 is 0 Å². The predicted octanol–water partition coefficient (Wildman–Crippen LogP) is 2.33. The Balaban J connectivity index is 1.55. The van der Waals surface area contributed by atoms with Crippen molar-refractivity contribution in [2.45, 2.75) is 45.1 Å². The number of hydrogen-bond donors (Lipinski definition) is 3. The maximum atomic E-state index is 13.1. The summed E-state index contributed by atoms with van der Waals surface area (Å²) >= 11 is 0. The molecule has 35 heavy (non-hydrogen) atoms. The Bertz CT molecular complexity index is 1080. The molecule has 190 valence electrons. The summed E-state index contributed by atoms with van der Waals surface area (Å²) in [7, 11) is -3.90. The Kier molecular flexibility index (Phi) is 9.79. The molecule has 1 unspecified atom stereocenters. The molecule has 3 N–H and O–H groups in total. The normalized spacial score (nSPS) is 16.4. The van der Waals surface area contributed by atoms with Gasteiger partial charge < -0.3 is 5.32 Å². The summed E-state index contributed by atoms with van der Waals surface area (Å²) in [6.45, 7) is 2.14. The number of hydroxylamine groups is 1. The second kappa shape index (κ2) is 12.8. The minimum absolute atomic E-state index is 0.145. The van der Waals surface area contributed by atoms with E-state index in [1.807, 2.05) is 61.5 Å². The van der Waals surface area contributed by atoms with Gasteiger partial charge in [0.15, 0.2) is 0 Å². The first-order valence-electron chi connectivity index (χ1n) is 12.0. The van der Waals surface area contributed by atoms with Crippen LogP contribution in [-0.2, 0) is 26.2 Å². The highest BCUT2D eigenvalue weighted by Gasteiger charge is 2.36. The van der Waals surface area contributed by atoms with Crippen LogP contribution in [0.2, 0.25) is 0 Å². The fraction of sp³-hybridized carbons (Fsp3) is 0.440. The molecule has 0 bridgehead atoms. The zero-order valence-electron chi connectivity index (χ0n) is 20.0. The number of carbonyl (C=O) groups excluding carboxylic acids is 2. The number of rotatable bonds is 12. The van der Waals surface area contributed by atoms with E-state index >= 15 is 0 Å². The number of nitrogens with one attached hydrogen (secondary N) is 2. The van der Waals surface area contributed by atoms with Crippen molar-refractivity contribution in [3.8, 4) is 11.1 Å². The smallest absolute Gasteiger partial charge is 0.282 e. The van der Waals surface area contributed by atoms with Crippen LogP contribution in [0.5, 0.6) is 0 Å². The standard InChI is InChI=1S/C25H34N4O5S/c1-2-3-7-15-28(19-25(31)27-32)35(33,34)29-16-14-23(18-29)26-24(30)17-20-10-12-22(13-11-20)21-8-5-4-6-9-21/h4-6,8-13,23,32H,2-3,7,14-19H2,1H3,(H,26,30)(H,27,31). The lowest BCUT2D eigenvalue weighted by atomic mass is 10.0. The largest absolute Gasteiger partial charge is 0.352 e. The van der Waals surface area contributed by atoms with Crippen LogP contribution in [0.1, 0.15) is 38.2 Å². The van der Waals surface area contributed by atoms with Crippen molar-refractivity contribution >= 4 is 22.0 Å². The average molecular weight is 503 g/mol. The molecule has 0 radical (unpaired) electrons. The van der Waals surface area contributed by atoms with E-state index in [0.717, 1.165) is 33.8 Å². The molecule has 0 aliphatic carbocycles. The molecule has 2 aromatic carbocycles. The van der Waals surface area contributed by atoms with Crippen LogP contribution >= 0.6 is 0 Å². The van der Waals surface area contributed by atoms with Crippen LogP contribution in [-0.4, -0.2) is 66.3 Å². The van der Waals surface area contributed by atoms with Gasteiger partial charge in [0, 0.05) is 25.7 Å². The fourth-order valence-electron chi connectivity index (χ4n) is 4.14. The Morgan fingerprint density at radius 1 is 1.03 bits per heavy atom. The highest BCUT2D eigenvalue weighted by atomic mass is 32.2. The number of benzene rings is 2. The van der Waals surface area contributed by atoms with Gasteiger partial charge in [-0.3, -0.25) is 14.8 Å². The molecule has 1 aliphatic heterocycles. The fourth-order valence-corrected chi connectivity index (χ4v) is 5.81. The van der Waals surface area contributed by atoms with Crippen LogP contribution in [0.4, 0.5) is 0 Å². The molecular weight excluding hydrogens is 468 g/mol. The SMILES string of the molecule is CCCCCN(CC(=O)NO)S(=O)(=O)N1CCC(NC(=O)Cc2ccc(-c3ccccc3)cc2)C1. The molecule has 1 atom stereocenters. The van der Waals surface area contributed by atoms with Gasteiger partial charge in [-0.25, -0.2) is 5.48 Å². The Labute approximate surface area is 207 Å². The summed E-state index contributed by atoms with van der Waals surface area (Å²) in [4.78, 5) is 24.3. The zero-order chi connectivity index (χ0) is 25.3. The number of hydrogen-bond acceptors (Lipinski definition) is 5. The molecule has 3 rings (SSSR count). The van der Waals surface area contributed by atoms with Gasteiger partial charge in [0.25, 0.3) is 16.1 Å². The lowest BCUT2D eigenvalue weighted by Gasteiger charge is -2.26. The highest BCUT2D eigenvalue weighted by molar-refractivity contribution is 7.86. The first-order valence-corrected chi connectivity index (χ1v) is 13.3. The van der Waals surface area contributed by atoms with Gasteiger partial charge in [0.1, 0.15) is 0 Å². The Hall–Kier alpha value is -2.79. The van der Waals surface area contributed by atoms with Crippen molar-refractivity contribution in [3.63, 3.8) is 0 Å². The summed E-state index contributed by atoms with van der Waals surface area (Å²) < 4.78 is 28.6. The first-order chi connectivity index (χ1) is 16.8. The van der Waals surface area contributed by atoms with E-state index < -0.39 is 22.7 Å². The van der Waals surface area contributed by atoms with E-state index in [4.69, 9.17) is 5.21 Å². The third kappa shape index (κ3) is 7.60. The lowest BCUT2D eigenvalue weighted by Crippen LogP contribution is -2.48. The topological polar surface area (TPSA) is 119 Å². The molecule has 10 heteroatoms. The molecule has 9 nitrogen and oxygen atoms in total. The van der Waals surface area contributed by atoms with Crippen molar-refractivity contribution < 1.29 is 23.2 Å². The summed E-state index contributed by atoms with van der Waals surface area (Å²) in [6.07, 6.45) is 3.06. The summed E-state index contributed by atoms with van der Waals surface area (Å²) in [6, 6.07) is 17.5. The molecule has 2 amide bonds. The van der Waals surface area contributed by atoms with Gasteiger partial charge in [-0.1, -0.05) is 74.4 Å². The third-order valence-electron chi connectivity index (χ3n) is 6.05. The molecule has 1 heterocycles. The van der Waals surface area contributed by atoms with E-state index in [0.29, 0.717) is 12.8 Å². The van der Waals surface area contributed by atoms with E-state index in [9.17, 15) is 18.0 Å². The molecular formula is C25H34N4O5S. The minimum atomic E-state index is -3.90. The van der Waals surface area contributed by atoms with Crippen molar-refractivity contribution in [2.24, 2.45) is 0 Å². The van der Waals surface area contributed by atoms with Gasteiger partial charge in [0.2, 0.25) is 5.91 Å². The predicted molar refractivity (Wildman–Crippen MR) is 134 cm³/mol. The number of amides is 2. The maximum Gasteiger partial charge on any atom is 0.282 e. The monoisotopic (exact) mass is 502 g/mol. The molecule has 1 saturated heterocycles. The van der Waals surface area contributed by atoms with Crippen LogP contribution in [0, 0.1) is 0 Å². The van der Waals surface area contributed by atoms with Crippen LogP contribution in [0.25, 0.3) is 11.1 Å². The summed E-state index contributed by atoms with van der Waals surface area (Å²) in [5, 5.41) is 11.8. The molecule has 0 spiro atoms. The van der Waals surface area contributed by atoms with E-state index in [1.165, 1.54) is 9.79 Å². The molecule has 1 fully saturated rings.